The van der Waals surface area contributed by atoms with Crippen LogP contribution in [0.2, 0.25) is 0 Å². The van der Waals surface area contributed by atoms with Crippen LogP contribution in [0.1, 0.15) is 39.7 Å². The third-order valence-corrected chi connectivity index (χ3v) is 3.48. The topological polar surface area (TPSA) is 72.7 Å². The van der Waals surface area contributed by atoms with Crippen LogP contribution >= 0.6 is 11.8 Å². The zero-order chi connectivity index (χ0) is 12.4. The lowest BCUT2D eigenvalue weighted by Crippen LogP contribution is -2.36. The lowest BCUT2D eigenvalue weighted by Gasteiger charge is -2.13. The summed E-state index contributed by atoms with van der Waals surface area (Å²) in [4.78, 5) is 11.8. The SMILES string of the molecule is CC(C)NC(=O)C(C)Sc1nnnn1C1CC1. The summed E-state index contributed by atoms with van der Waals surface area (Å²) in [6.45, 7) is 5.77. The molecule has 6 nitrogen and oxygen atoms in total. The maximum atomic E-state index is 11.8. The van der Waals surface area contributed by atoms with Crippen molar-refractivity contribution in [1.82, 2.24) is 25.5 Å². The Morgan fingerprint density at radius 1 is 1.47 bits per heavy atom. The Morgan fingerprint density at radius 2 is 2.18 bits per heavy atom. The summed E-state index contributed by atoms with van der Waals surface area (Å²) in [6.07, 6.45) is 2.26. The fourth-order valence-corrected chi connectivity index (χ4v) is 2.29. The lowest BCUT2D eigenvalue weighted by molar-refractivity contribution is -0.120. The van der Waals surface area contributed by atoms with Crippen LogP contribution in [-0.4, -0.2) is 37.4 Å². The summed E-state index contributed by atoms with van der Waals surface area (Å²) in [7, 11) is 0. The Kier molecular flexibility index (Phi) is 3.66. The van der Waals surface area contributed by atoms with Gasteiger partial charge in [-0.05, 0) is 44.0 Å². The van der Waals surface area contributed by atoms with E-state index in [9.17, 15) is 4.79 Å². The fourth-order valence-electron chi connectivity index (χ4n) is 1.42. The molecule has 1 aromatic heterocycles. The van der Waals surface area contributed by atoms with Crippen LogP contribution in [-0.2, 0) is 4.79 Å². The molecule has 0 aromatic carbocycles. The molecule has 1 unspecified atom stereocenters. The first-order valence-electron chi connectivity index (χ1n) is 5.83. The van der Waals surface area contributed by atoms with Gasteiger partial charge in [0.05, 0.1) is 11.3 Å². The average molecular weight is 255 g/mol. The average Bonchev–Trinajstić information content (AvgIpc) is 2.99. The number of aromatic nitrogens is 4. The maximum absolute atomic E-state index is 11.8. The van der Waals surface area contributed by atoms with Gasteiger partial charge in [0.2, 0.25) is 11.1 Å². The summed E-state index contributed by atoms with van der Waals surface area (Å²) in [5.41, 5.74) is 0. The summed E-state index contributed by atoms with van der Waals surface area (Å²) < 4.78 is 1.82. The molecule has 2 rings (SSSR count). The minimum absolute atomic E-state index is 0.0235. The van der Waals surface area contributed by atoms with E-state index in [2.05, 4.69) is 20.8 Å². The molecule has 7 heteroatoms. The zero-order valence-corrected chi connectivity index (χ0v) is 11.1. The van der Waals surface area contributed by atoms with Crippen LogP contribution in [0.4, 0.5) is 0 Å². The van der Waals surface area contributed by atoms with Crippen LogP contribution < -0.4 is 5.32 Å². The molecule has 0 saturated heterocycles. The molecule has 0 spiro atoms. The van der Waals surface area contributed by atoms with Crippen molar-refractivity contribution in [1.29, 1.82) is 0 Å². The third kappa shape index (κ3) is 3.18. The molecule has 1 aromatic rings. The van der Waals surface area contributed by atoms with Gasteiger partial charge in [0.15, 0.2) is 0 Å². The first-order chi connectivity index (χ1) is 8.08. The molecule has 1 saturated carbocycles. The Hall–Kier alpha value is -1.11. The van der Waals surface area contributed by atoms with E-state index in [1.807, 2.05) is 25.5 Å². The van der Waals surface area contributed by atoms with Crippen LogP contribution in [0.25, 0.3) is 0 Å². The molecule has 0 aliphatic heterocycles. The second kappa shape index (κ2) is 5.03. The zero-order valence-electron chi connectivity index (χ0n) is 10.3. The lowest BCUT2D eigenvalue weighted by atomic mass is 10.3. The van der Waals surface area contributed by atoms with Gasteiger partial charge in [-0.25, -0.2) is 4.68 Å². The van der Waals surface area contributed by atoms with Crippen molar-refractivity contribution in [3.63, 3.8) is 0 Å². The quantitative estimate of drug-likeness (QED) is 0.795. The van der Waals surface area contributed by atoms with Gasteiger partial charge >= 0.3 is 0 Å². The van der Waals surface area contributed by atoms with Gasteiger partial charge in [0.25, 0.3) is 0 Å². The minimum Gasteiger partial charge on any atom is -0.353 e. The van der Waals surface area contributed by atoms with Gasteiger partial charge in [-0.2, -0.15) is 0 Å². The summed E-state index contributed by atoms with van der Waals surface area (Å²) >= 11 is 1.41. The molecule has 0 radical (unpaired) electrons. The van der Waals surface area contributed by atoms with Gasteiger partial charge < -0.3 is 5.32 Å². The van der Waals surface area contributed by atoms with Crippen molar-refractivity contribution < 1.29 is 4.79 Å². The van der Waals surface area contributed by atoms with E-state index < -0.39 is 0 Å². The second-order valence-electron chi connectivity index (χ2n) is 4.56. The highest BCUT2D eigenvalue weighted by atomic mass is 32.2. The van der Waals surface area contributed by atoms with E-state index in [0.29, 0.717) is 6.04 Å². The number of thioether (sulfide) groups is 1. The van der Waals surface area contributed by atoms with Crippen molar-refractivity contribution in [3.8, 4) is 0 Å². The monoisotopic (exact) mass is 255 g/mol. The number of amides is 1. The molecule has 17 heavy (non-hydrogen) atoms. The Balaban J connectivity index is 1.95. The highest BCUT2D eigenvalue weighted by Crippen LogP contribution is 2.37. The number of hydrogen-bond donors (Lipinski definition) is 1. The molecule has 0 bridgehead atoms. The van der Waals surface area contributed by atoms with Gasteiger partial charge in [-0.3, -0.25) is 4.79 Å². The molecule has 1 fully saturated rings. The molecule has 1 amide bonds. The van der Waals surface area contributed by atoms with Crippen LogP contribution in [0.3, 0.4) is 0 Å². The van der Waals surface area contributed by atoms with E-state index in [0.717, 1.165) is 18.0 Å². The molecule has 94 valence electrons. The number of tetrazole rings is 1. The van der Waals surface area contributed by atoms with Crippen molar-refractivity contribution in [3.05, 3.63) is 0 Å². The van der Waals surface area contributed by atoms with Crippen LogP contribution in [0, 0.1) is 0 Å². The Morgan fingerprint density at radius 3 is 2.76 bits per heavy atom. The van der Waals surface area contributed by atoms with Gasteiger partial charge in [-0.1, -0.05) is 11.8 Å². The highest BCUT2D eigenvalue weighted by Gasteiger charge is 2.29. The number of hydrogen-bond acceptors (Lipinski definition) is 5. The number of nitrogens with zero attached hydrogens (tertiary/aromatic N) is 4. The fraction of sp³-hybridized carbons (Fsp3) is 0.800. The normalized spacial score (nSPS) is 17.2. The van der Waals surface area contributed by atoms with Gasteiger partial charge in [0, 0.05) is 6.04 Å². The number of rotatable bonds is 5. The first kappa shape index (κ1) is 12.3. The van der Waals surface area contributed by atoms with Crippen LogP contribution in [0.15, 0.2) is 5.16 Å². The molecular weight excluding hydrogens is 238 g/mol. The summed E-state index contributed by atoms with van der Waals surface area (Å²) in [5, 5.41) is 15.0. The van der Waals surface area contributed by atoms with Crippen molar-refractivity contribution in [2.24, 2.45) is 0 Å². The Bertz CT molecular complexity index is 401. The predicted octanol–water partition coefficient (Wildman–Crippen LogP) is 1.01. The highest BCUT2D eigenvalue weighted by molar-refractivity contribution is 8.00. The van der Waals surface area contributed by atoms with Crippen molar-refractivity contribution >= 4 is 17.7 Å². The molecule has 1 aliphatic rings. The third-order valence-electron chi connectivity index (χ3n) is 2.44. The molecule has 1 heterocycles. The number of carbonyl (C=O) groups excluding carboxylic acids is 1. The maximum Gasteiger partial charge on any atom is 0.233 e. The van der Waals surface area contributed by atoms with E-state index in [1.54, 1.807) is 0 Å². The summed E-state index contributed by atoms with van der Waals surface area (Å²) in [5.74, 6) is 0.0235. The summed E-state index contributed by atoms with van der Waals surface area (Å²) in [6, 6.07) is 0.595. The van der Waals surface area contributed by atoms with Gasteiger partial charge in [0.1, 0.15) is 0 Å². The molecular formula is C10H17N5OS. The molecule has 1 N–H and O–H groups in total. The van der Waals surface area contributed by atoms with Gasteiger partial charge in [-0.15, -0.1) is 5.10 Å². The number of carbonyl (C=O) groups is 1. The van der Waals surface area contributed by atoms with Crippen LogP contribution in [0.5, 0.6) is 0 Å². The standard InChI is InChI=1S/C10H17N5OS/c1-6(2)11-9(16)7(3)17-10-12-13-14-15(10)8-4-5-8/h6-8H,4-5H2,1-3H3,(H,11,16). The van der Waals surface area contributed by atoms with E-state index >= 15 is 0 Å². The Labute approximate surface area is 105 Å². The smallest absolute Gasteiger partial charge is 0.233 e. The largest absolute Gasteiger partial charge is 0.353 e. The predicted molar refractivity (Wildman–Crippen MR) is 64.7 cm³/mol. The minimum atomic E-state index is -0.180. The van der Waals surface area contributed by atoms with Crippen molar-refractivity contribution in [2.45, 2.75) is 56.1 Å². The number of nitrogens with one attached hydrogen (secondary N) is 1. The van der Waals surface area contributed by atoms with E-state index in [1.165, 1.54) is 11.8 Å². The first-order valence-corrected chi connectivity index (χ1v) is 6.70. The second-order valence-corrected chi connectivity index (χ2v) is 5.87. The molecule has 1 atom stereocenters. The molecule has 1 aliphatic carbocycles. The van der Waals surface area contributed by atoms with Crippen molar-refractivity contribution in [2.75, 3.05) is 0 Å². The van der Waals surface area contributed by atoms with E-state index in [-0.39, 0.29) is 17.2 Å². The van der Waals surface area contributed by atoms with E-state index in [4.69, 9.17) is 0 Å².